The molecule has 0 spiro atoms. The number of rotatable bonds is 1. The smallest absolute Gasteiger partial charge is 0.166 e. The lowest BCUT2D eigenvalue weighted by Gasteiger charge is -2.07. The Morgan fingerprint density at radius 1 is 1.33 bits per heavy atom. The standard InChI is InChI=1S/C6H9F3.C3H6/c1-3-5(4-2)6(7,8)9;1-3-2/h3H,4H2,1-2H3;3H,1H2,2H3/b5-3+;. The maximum absolute atomic E-state index is 11.7. The third-order valence-electron chi connectivity index (χ3n) is 1.09. The van der Waals surface area contributed by atoms with Crippen LogP contribution in [-0.4, -0.2) is 6.18 Å². The summed E-state index contributed by atoms with van der Waals surface area (Å²) >= 11 is 0. The summed E-state index contributed by atoms with van der Waals surface area (Å²) in [6.07, 6.45) is -1.22. The monoisotopic (exact) mass is 180 g/mol. The molecule has 0 aromatic rings. The first-order chi connectivity index (χ1) is 5.43. The molecule has 0 rings (SSSR count). The van der Waals surface area contributed by atoms with E-state index in [1.165, 1.54) is 13.8 Å². The molecule has 0 aliphatic heterocycles. The molecule has 0 bridgehead atoms. The summed E-state index contributed by atoms with van der Waals surface area (Å²) in [4.78, 5) is 0. The first-order valence-corrected chi connectivity index (χ1v) is 3.73. The van der Waals surface area contributed by atoms with Crippen LogP contribution in [0.4, 0.5) is 13.2 Å². The van der Waals surface area contributed by atoms with E-state index in [0.717, 1.165) is 6.08 Å². The van der Waals surface area contributed by atoms with Crippen LogP contribution in [0.3, 0.4) is 0 Å². The molecule has 0 saturated carbocycles. The van der Waals surface area contributed by atoms with Crippen molar-refractivity contribution in [2.75, 3.05) is 0 Å². The maximum Gasteiger partial charge on any atom is 0.412 e. The summed E-state index contributed by atoms with van der Waals surface area (Å²) in [5, 5.41) is 0. The molecule has 3 heteroatoms. The van der Waals surface area contributed by atoms with Crippen molar-refractivity contribution in [2.24, 2.45) is 0 Å². The minimum absolute atomic E-state index is 0.0556. The van der Waals surface area contributed by atoms with Gasteiger partial charge < -0.3 is 0 Å². The van der Waals surface area contributed by atoms with Crippen LogP contribution in [0.15, 0.2) is 24.3 Å². The quantitative estimate of drug-likeness (QED) is 0.533. The largest absolute Gasteiger partial charge is 0.412 e. The van der Waals surface area contributed by atoms with E-state index in [4.69, 9.17) is 0 Å². The summed E-state index contributed by atoms with van der Waals surface area (Å²) in [7, 11) is 0. The second-order valence-electron chi connectivity index (χ2n) is 2.07. The summed E-state index contributed by atoms with van der Waals surface area (Å²) in [5.74, 6) is 0. The Bertz CT molecular complexity index is 142. The highest BCUT2D eigenvalue weighted by atomic mass is 19.4. The molecule has 0 aromatic heterocycles. The summed E-state index contributed by atoms with van der Waals surface area (Å²) in [6.45, 7) is 8.13. The predicted molar refractivity (Wildman–Crippen MR) is 46.0 cm³/mol. The van der Waals surface area contributed by atoms with E-state index in [0.29, 0.717) is 0 Å². The minimum atomic E-state index is -4.12. The van der Waals surface area contributed by atoms with Crippen LogP contribution in [0.2, 0.25) is 0 Å². The van der Waals surface area contributed by atoms with Gasteiger partial charge in [-0.2, -0.15) is 13.2 Å². The number of hydrogen-bond acceptors (Lipinski definition) is 0. The molecule has 0 atom stereocenters. The number of halogens is 3. The van der Waals surface area contributed by atoms with E-state index in [9.17, 15) is 13.2 Å². The maximum atomic E-state index is 11.7. The summed E-state index contributed by atoms with van der Waals surface area (Å²) in [6, 6.07) is 0. The van der Waals surface area contributed by atoms with Gasteiger partial charge in [-0.15, -0.1) is 6.58 Å². The number of allylic oxidation sites excluding steroid dienone is 3. The van der Waals surface area contributed by atoms with Crippen molar-refractivity contribution < 1.29 is 13.2 Å². The fourth-order valence-electron chi connectivity index (χ4n) is 0.568. The van der Waals surface area contributed by atoms with Gasteiger partial charge in [0.15, 0.2) is 0 Å². The van der Waals surface area contributed by atoms with Crippen LogP contribution in [-0.2, 0) is 0 Å². The van der Waals surface area contributed by atoms with Crippen LogP contribution in [0.1, 0.15) is 27.2 Å². The molecular weight excluding hydrogens is 165 g/mol. The average molecular weight is 180 g/mol. The molecule has 0 heterocycles. The van der Waals surface area contributed by atoms with Crippen LogP contribution >= 0.6 is 0 Å². The lowest BCUT2D eigenvalue weighted by atomic mass is 10.2. The normalized spacial score (nSPS) is 11.7. The fraction of sp³-hybridized carbons (Fsp3) is 0.556. The van der Waals surface area contributed by atoms with Crippen LogP contribution in [0.25, 0.3) is 0 Å². The van der Waals surface area contributed by atoms with Crippen molar-refractivity contribution in [3.63, 3.8) is 0 Å². The second-order valence-corrected chi connectivity index (χ2v) is 2.07. The van der Waals surface area contributed by atoms with Gasteiger partial charge in [0, 0.05) is 5.57 Å². The van der Waals surface area contributed by atoms with Gasteiger partial charge in [-0.25, -0.2) is 0 Å². The zero-order valence-corrected chi connectivity index (χ0v) is 7.70. The zero-order chi connectivity index (χ0) is 10.2. The van der Waals surface area contributed by atoms with Crippen molar-refractivity contribution in [3.8, 4) is 0 Å². The van der Waals surface area contributed by atoms with E-state index >= 15 is 0 Å². The van der Waals surface area contributed by atoms with Gasteiger partial charge in [-0.1, -0.05) is 19.1 Å². The highest BCUT2D eigenvalue weighted by Gasteiger charge is 2.30. The molecule has 72 valence electrons. The van der Waals surface area contributed by atoms with Gasteiger partial charge in [0.25, 0.3) is 0 Å². The van der Waals surface area contributed by atoms with E-state index in [-0.39, 0.29) is 6.42 Å². The Hall–Kier alpha value is -0.730. The van der Waals surface area contributed by atoms with Crippen LogP contribution in [0.5, 0.6) is 0 Å². The Kier molecular flexibility index (Phi) is 8.01. The van der Waals surface area contributed by atoms with E-state index < -0.39 is 11.7 Å². The highest BCUT2D eigenvalue weighted by molar-refractivity contribution is 5.06. The lowest BCUT2D eigenvalue weighted by molar-refractivity contribution is -0.0936. The van der Waals surface area contributed by atoms with Crippen molar-refractivity contribution in [1.82, 2.24) is 0 Å². The third kappa shape index (κ3) is 7.38. The molecule has 0 radical (unpaired) electrons. The molecular formula is C9H15F3. The zero-order valence-electron chi connectivity index (χ0n) is 7.70. The first kappa shape index (κ1) is 13.8. The van der Waals surface area contributed by atoms with Gasteiger partial charge in [-0.05, 0) is 20.3 Å². The topological polar surface area (TPSA) is 0 Å². The Morgan fingerprint density at radius 3 is 1.67 bits per heavy atom. The molecule has 0 aliphatic carbocycles. The van der Waals surface area contributed by atoms with Gasteiger partial charge >= 0.3 is 6.18 Å². The van der Waals surface area contributed by atoms with E-state index in [1.807, 2.05) is 6.92 Å². The Labute approximate surface area is 71.8 Å². The predicted octanol–water partition coefficient (Wildman–Crippen LogP) is 4.10. The van der Waals surface area contributed by atoms with Crippen molar-refractivity contribution >= 4 is 0 Å². The van der Waals surface area contributed by atoms with Crippen molar-refractivity contribution in [1.29, 1.82) is 0 Å². The third-order valence-corrected chi connectivity index (χ3v) is 1.09. The lowest BCUT2D eigenvalue weighted by Crippen LogP contribution is -2.10. The Balaban J connectivity index is 0. The fourth-order valence-corrected chi connectivity index (χ4v) is 0.568. The molecule has 0 nitrogen and oxygen atoms in total. The molecule has 12 heavy (non-hydrogen) atoms. The van der Waals surface area contributed by atoms with Crippen molar-refractivity contribution in [2.45, 2.75) is 33.4 Å². The molecule has 0 aromatic carbocycles. The van der Waals surface area contributed by atoms with Gasteiger partial charge in [0.1, 0.15) is 0 Å². The average Bonchev–Trinajstić information content (AvgIpc) is 1.88. The molecule has 0 fully saturated rings. The molecule has 0 saturated heterocycles. The number of hydrogen-bond donors (Lipinski definition) is 0. The summed E-state index contributed by atoms with van der Waals surface area (Å²) < 4.78 is 35.0. The molecule has 0 aliphatic rings. The molecule has 0 unspecified atom stereocenters. The molecule has 0 N–H and O–H groups in total. The van der Waals surface area contributed by atoms with Gasteiger partial charge in [-0.3, -0.25) is 0 Å². The summed E-state index contributed by atoms with van der Waals surface area (Å²) in [5.41, 5.74) is -0.456. The van der Waals surface area contributed by atoms with Gasteiger partial charge in [0.05, 0.1) is 0 Å². The van der Waals surface area contributed by atoms with E-state index in [2.05, 4.69) is 6.58 Å². The Morgan fingerprint density at radius 2 is 1.67 bits per heavy atom. The van der Waals surface area contributed by atoms with Crippen LogP contribution in [0, 0.1) is 0 Å². The SMILES string of the molecule is C/C=C(\CC)C(F)(F)F.C=CC. The first-order valence-electron chi connectivity index (χ1n) is 3.73. The highest BCUT2D eigenvalue weighted by Crippen LogP contribution is 2.27. The minimum Gasteiger partial charge on any atom is -0.166 e. The molecule has 0 amide bonds. The number of alkyl halides is 3. The van der Waals surface area contributed by atoms with Gasteiger partial charge in [0.2, 0.25) is 0 Å². The van der Waals surface area contributed by atoms with Crippen LogP contribution < -0.4 is 0 Å². The van der Waals surface area contributed by atoms with E-state index in [1.54, 1.807) is 6.08 Å². The second kappa shape index (κ2) is 6.95. The van der Waals surface area contributed by atoms with Crippen molar-refractivity contribution in [3.05, 3.63) is 24.3 Å².